The average Bonchev–Trinajstić information content (AvgIpc) is 3.11. The van der Waals surface area contributed by atoms with Crippen molar-refractivity contribution in [2.24, 2.45) is 0 Å². The van der Waals surface area contributed by atoms with Gasteiger partial charge >= 0.3 is 6.09 Å². The van der Waals surface area contributed by atoms with Gasteiger partial charge in [0.2, 0.25) is 0 Å². The highest BCUT2D eigenvalue weighted by molar-refractivity contribution is 6.32. The van der Waals surface area contributed by atoms with Crippen molar-refractivity contribution in [3.8, 4) is 39.8 Å². The molecule has 0 aliphatic carbocycles. The molecule has 5 rings (SSSR count). The molecule has 0 bridgehead atoms. The van der Waals surface area contributed by atoms with E-state index >= 15 is 0 Å². The number of amides is 1. The maximum absolute atomic E-state index is 11.8. The van der Waals surface area contributed by atoms with Crippen LogP contribution in [-0.4, -0.2) is 45.6 Å². The second-order valence-corrected chi connectivity index (χ2v) is 11.8. The van der Waals surface area contributed by atoms with E-state index in [0.29, 0.717) is 33.8 Å². The highest BCUT2D eigenvalue weighted by atomic mass is 35.5. The molecule has 0 saturated heterocycles. The Hall–Kier alpha value is -5.69. The van der Waals surface area contributed by atoms with Crippen LogP contribution in [0.4, 0.5) is 4.79 Å². The zero-order chi connectivity index (χ0) is 34.9. The summed E-state index contributed by atoms with van der Waals surface area (Å²) in [5, 5.41) is 28.6. The van der Waals surface area contributed by atoms with Crippen LogP contribution in [0.15, 0.2) is 91.3 Å². The SMILES string of the molecule is Cc1c(COc2cc(OCc3cncc(C#N)c3)c(CN(CCO)C(=O)O)cc2Cl)cccc1-c1cccc(-c2ccc(C=O)cc2)c1C. The normalized spacial score (nSPS) is 10.7. The number of halogens is 1. The second-order valence-electron chi connectivity index (χ2n) is 11.4. The van der Waals surface area contributed by atoms with Gasteiger partial charge in [-0.25, -0.2) is 4.79 Å². The molecule has 1 heterocycles. The number of aliphatic hydroxyl groups excluding tert-OH is 1. The quantitative estimate of drug-likeness (QED) is 0.120. The lowest BCUT2D eigenvalue weighted by Gasteiger charge is -2.21. The average molecular weight is 676 g/mol. The van der Waals surface area contributed by atoms with Crippen molar-refractivity contribution in [3.63, 3.8) is 0 Å². The molecule has 0 atom stereocenters. The number of rotatable bonds is 13. The van der Waals surface area contributed by atoms with Gasteiger partial charge in [-0.15, -0.1) is 0 Å². The Morgan fingerprint density at radius 3 is 2.29 bits per heavy atom. The van der Waals surface area contributed by atoms with Gasteiger partial charge < -0.3 is 24.6 Å². The molecule has 0 aliphatic heterocycles. The number of aromatic nitrogens is 1. The molecule has 0 spiro atoms. The number of hydrogen-bond donors (Lipinski definition) is 2. The number of hydrogen-bond acceptors (Lipinski definition) is 7. The predicted molar refractivity (Wildman–Crippen MR) is 187 cm³/mol. The smallest absolute Gasteiger partial charge is 0.407 e. The molecule has 2 N–H and O–H groups in total. The van der Waals surface area contributed by atoms with Crippen molar-refractivity contribution in [3.05, 3.63) is 135 Å². The number of carboxylic acid groups (broad SMARTS) is 1. The summed E-state index contributed by atoms with van der Waals surface area (Å²) in [6, 6.07) is 26.7. The summed E-state index contributed by atoms with van der Waals surface area (Å²) >= 11 is 6.69. The molecule has 9 nitrogen and oxygen atoms in total. The van der Waals surface area contributed by atoms with Crippen molar-refractivity contribution in [1.29, 1.82) is 5.26 Å². The molecule has 0 radical (unpaired) electrons. The molecule has 0 fully saturated rings. The standard InChI is InChI=1S/C39H34ClN3O6/c1-25-31(5-3-7-34(25)35-8-4-6-33(26(35)2)30-11-9-27(22-45)10-12-30)24-49-38-17-37(48-23-29-15-28(18-41)19-42-20-29)32(16-36(38)40)21-43(13-14-44)39(46)47/h3-12,15-17,19-20,22,44H,13-14,21,23-24H2,1-2H3,(H,46,47). The Labute approximate surface area is 289 Å². The van der Waals surface area contributed by atoms with Crippen LogP contribution in [0.5, 0.6) is 11.5 Å². The molecular weight excluding hydrogens is 642 g/mol. The first-order valence-electron chi connectivity index (χ1n) is 15.5. The van der Waals surface area contributed by atoms with Crippen LogP contribution in [0.2, 0.25) is 5.02 Å². The molecule has 5 aromatic rings. The number of ether oxygens (including phenoxy) is 2. The topological polar surface area (TPSA) is 133 Å². The fourth-order valence-electron chi connectivity index (χ4n) is 5.57. The fourth-order valence-corrected chi connectivity index (χ4v) is 5.81. The summed E-state index contributed by atoms with van der Waals surface area (Å²) in [5.74, 6) is 0.681. The minimum Gasteiger partial charge on any atom is -0.488 e. The highest BCUT2D eigenvalue weighted by Gasteiger charge is 2.19. The van der Waals surface area contributed by atoms with Gasteiger partial charge in [0, 0.05) is 41.7 Å². The van der Waals surface area contributed by atoms with Crippen molar-refractivity contribution in [2.45, 2.75) is 33.6 Å². The Balaban J connectivity index is 1.42. The van der Waals surface area contributed by atoms with Crippen LogP contribution in [0, 0.1) is 25.2 Å². The maximum Gasteiger partial charge on any atom is 0.407 e. The summed E-state index contributed by atoms with van der Waals surface area (Å²) in [4.78, 5) is 28.1. The summed E-state index contributed by atoms with van der Waals surface area (Å²) < 4.78 is 12.4. The van der Waals surface area contributed by atoms with E-state index in [1.54, 1.807) is 24.4 Å². The number of carbonyl (C=O) groups is 2. The fraction of sp³-hybridized carbons (Fsp3) is 0.179. The van der Waals surface area contributed by atoms with E-state index in [2.05, 4.69) is 36.2 Å². The first-order chi connectivity index (χ1) is 23.7. The van der Waals surface area contributed by atoms with Gasteiger partial charge in [0.1, 0.15) is 37.1 Å². The second kappa shape index (κ2) is 15.9. The maximum atomic E-state index is 11.8. The molecule has 49 heavy (non-hydrogen) atoms. The van der Waals surface area contributed by atoms with Crippen LogP contribution in [-0.2, 0) is 19.8 Å². The van der Waals surface area contributed by atoms with Crippen molar-refractivity contribution >= 4 is 24.0 Å². The first kappa shape index (κ1) is 34.6. The van der Waals surface area contributed by atoms with E-state index in [0.717, 1.165) is 50.1 Å². The van der Waals surface area contributed by atoms with Gasteiger partial charge in [-0.05, 0) is 64.9 Å². The number of aldehydes is 1. The molecule has 0 saturated carbocycles. The van der Waals surface area contributed by atoms with Gasteiger partial charge in [0.15, 0.2) is 0 Å². The zero-order valence-corrected chi connectivity index (χ0v) is 27.8. The Kier molecular flexibility index (Phi) is 11.3. The Morgan fingerprint density at radius 2 is 1.59 bits per heavy atom. The first-order valence-corrected chi connectivity index (χ1v) is 15.8. The zero-order valence-electron chi connectivity index (χ0n) is 27.0. The van der Waals surface area contributed by atoms with E-state index in [-0.39, 0.29) is 37.9 Å². The van der Waals surface area contributed by atoms with Gasteiger partial charge in [0.25, 0.3) is 0 Å². The molecule has 1 amide bonds. The van der Waals surface area contributed by atoms with Crippen molar-refractivity contribution < 1.29 is 29.3 Å². The number of pyridine rings is 1. The van der Waals surface area contributed by atoms with Gasteiger partial charge in [-0.3, -0.25) is 9.78 Å². The predicted octanol–water partition coefficient (Wildman–Crippen LogP) is 8.00. The van der Waals surface area contributed by atoms with Crippen LogP contribution in [0.3, 0.4) is 0 Å². The molecule has 1 aromatic heterocycles. The number of nitrogens with zero attached hydrogens (tertiary/aromatic N) is 3. The van der Waals surface area contributed by atoms with Gasteiger partial charge in [0.05, 0.1) is 23.7 Å². The number of aliphatic hydroxyl groups is 1. The van der Waals surface area contributed by atoms with E-state index in [1.165, 1.54) is 6.20 Å². The van der Waals surface area contributed by atoms with E-state index in [4.69, 9.17) is 21.1 Å². The number of nitriles is 1. The highest BCUT2D eigenvalue weighted by Crippen LogP contribution is 2.37. The van der Waals surface area contributed by atoms with Crippen LogP contribution in [0.1, 0.15) is 43.7 Å². The summed E-state index contributed by atoms with van der Waals surface area (Å²) in [6.07, 6.45) is 2.67. The summed E-state index contributed by atoms with van der Waals surface area (Å²) in [6.45, 7) is 3.87. The third-order valence-corrected chi connectivity index (χ3v) is 8.54. The van der Waals surface area contributed by atoms with Gasteiger partial charge in [-0.2, -0.15) is 5.26 Å². The van der Waals surface area contributed by atoms with Crippen LogP contribution >= 0.6 is 11.6 Å². The van der Waals surface area contributed by atoms with Crippen LogP contribution < -0.4 is 9.47 Å². The number of carbonyl (C=O) groups excluding carboxylic acids is 1. The lowest BCUT2D eigenvalue weighted by molar-refractivity contribution is 0.112. The summed E-state index contributed by atoms with van der Waals surface area (Å²) in [7, 11) is 0. The molecule has 4 aromatic carbocycles. The van der Waals surface area contributed by atoms with E-state index in [1.807, 2.05) is 49.4 Å². The Morgan fingerprint density at radius 1 is 0.898 bits per heavy atom. The van der Waals surface area contributed by atoms with Crippen molar-refractivity contribution in [1.82, 2.24) is 9.88 Å². The third kappa shape index (κ3) is 8.25. The molecule has 0 unspecified atom stereocenters. The molecule has 248 valence electrons. The summed E-state index contributed by atoms with van der Waals surface area (Å²) in [5.41, 5.74) is 9.46. The lowest BCUT2D eigenvalue weighted by atomic mass is 9.89. The Bertz CT molecular complexity index is 2020. The third-order valence-electron chi connectivity index (χ3n) is 8.25. The minimum atomic E-state index is -1.20. The molecular formula is C39H34ClN3O6. The van der Waals surface area contributed by atoms with E-state index in [9.17, 15) is 25.1 Å². The van der Waals surface area contributed by atoms with E-state index < -0.39 is 6.09 Å². The van der Waals surface area contributed by atoms with Crippen LogP contribution in [0.25, 0.3) is 22.3 Å². The largest absolute Gasteiger partial charge is 0.488 e. The molecule has 0 aliphatic rings. The number of benzene rings is 4. The van der Waals surface area contributed by atoms with Gasteiger partial charge in [-0.1, -0.05) is 72.3 Å². The molecule has 10 heteroatoms. The lowest BCUT2D eigenvalue weighted by Crippen LogP contribution is -2.31. The minimum absolute atomic E-state index is 0.0600. The monoisotopic (exact) mass is 675 g/mol. The van der Waals surface area contributed by atoms with Crippen molar-refractivity contribution in [2.75, 3.05) is 13.2 Å².